The van der Waals surface area contributed by atoms with Crippen molar-refractivity contribution in [2.24, 2.45) is 0 Å². The first-order chi connectivity index (χ1) is 13.6. The highest BCUT2D eigenvalue weighted by Crippen LogP contribution is 2.29. The molecule has 3 heterocycles. The summed E-state index contributed by atoms with van der Waals surface area (Å²) in [6.45, 7) is 0.201. The minimum atomic E-state index is -1.02. The number of fused-ring (bicyclic) bond motifs is 1. The summed E-state index contributed by atoms with van der Waals surface area (Å²) in [5.74, 6) is -0.703. The molecule has 148 valence electrons. The zero-order chi connectivity index (χ0) is 19.7. The number of rotatable bonds is 4. The van der Waals surface area contributed by atoms with Gasteiger partial charge in [-0.15, -0.1) is 0 Å². The predicted molar refractivity (Wildman–Crippen MR) is 103 cm³/mol. The monoisotopic (exact) mass is 383 g/mol. The lowest BCUT2D eigenvalue weighted by Crippen LogP contribution is -2.49. The lowest BCUT2D eigenvalue weighted by molar-refractivity contribution is -0.142. The van der Waals surface area contributed by atoms with Crippen LogP contribution in [0.25, 0.3) is 0 Å². The minimum Gasteiger partial charge on any atom is -0.480 e. The molecular weight excluding hydrogens is 358 g/mol. The molecule has 1 saturated carbocycles. The maximum absolute atomic E-state index is 13.4. The molecule has 2 N–H and O–H groups in total. The molecule has 8 nitrogen and oxygen atoms in total. The average Bonchev–Trinajstić information content (AvgIpc) is 3.20. The summed E-state index contributed by atoms with van der Waals surface area (Å²) in [5.41, 5.74) is 1.95. The van der Waals surface area contributed by atoms with Crippen LogP contribution in [0.2, 0.25) is 0 Å². The Balaban J connectivity index is 1.65. The van der Waals surface area contributed by atoms with E-state index in [1.807, 2.05) is 7.05 Å². The maximum atomic E-state index is 13.4. The fourth-order valence-corrected chi connectivity index (χ4v) is 4.31. The minimum absolute atomic E-state index is 0.201. The lowest BCUT2D eigenvalue weighted by Gasteiger charge is -2.35. The number of anilines is 1. The number of aliphatic carboxylic acids is 1. The lowest BCUT2D eigenvalue weighted by atomic mass is 9.94. The average molecular weight is 383 g/mol. The van der Waals surface area contributed by atoms with E-state index in [9.17, 15) is 14.7 Å². The number of carboxylic acids is 1. The highest BCUT2D eigenvalue weighted by atomic mass is 16.4. The van der Waals surface area contributed by atoms with Crippen molar-refractivity contribution < 1.29 is 14.7 Å². The van der Waals surface area contributed by atoms with Crippen molar-refractivity contribution in [1.29, 1.82) is 0 Å². The number of amides is 1. The third-order valence-electron chi connectivity index (χ3n) is 5.92. The van der Waals surface area contributed by atoms with Gasteiger partial charge in [0.25, 0.3) is 5.91 Å². The summed E-state index contributed by atoms with van der Waals surface area (Å²) in [6, 6.07) is 2.89. The van der Waals surface area contributed by atoms with E-state index in [0.29, 0.717) is 23.1 Å². The Hall–Kier alpha value is -2.90. The Kier molecular flexibility index (Phi) is 5.02. The molecule has 0 spiro atoms. The van der Waals surface area contributed by atoms with E-state index >= 15 is 0 Å². The quantitative estimate of drug-likeness (QED) is 0.839. The molecule has 0 unspecified atom stereocenters. The van der Waals surface area contributed by atoms with Crippen LogP contribution in [0.5, 0.6) is 0 Å². The first kappa shape index (κ1) is 18.5. The summed E-state index contributed by atoms with van der Waals surface area (Å²) in [7, 11) is 1.98. The zero-order valence-electron chi connectivity index (χ0n) is 16.0. The van der Waals surface area contributed by atoms with Crippen LogP contribution >= 0.6 is 0 Å². The summed E-state index contributed by atoms with van der Waals surface area (Å²) < 4.78 is 0. The van der Waals surface area contributed by atoms with E-state index in [1.54, 1.807) is 24.7 Å². The summed E-state index contributed by atoms with van der Waals surface area (Å²) in [6.07, 6.45) is 9.21. The Morgan fingerprint density at radius 1 is 1.25 bits per heavy atom. The van der Waals surface area contributed by atoms with Crippen LogP contribution in [0, 0.1) is 0 Å². The van der Waals surface area contributed by atoms with Crippen LogP contribution in [0.3, 0.4) is 0 Å². The van der Waals surface area contributed by atoms with Gasteiger partial charge in [0.1, 0.15) is 11.9 Å². The normalized spacial score (nSPS) is 19.9. The van der Waals surface area contributed by atoms with Gasteiger partial charge >= 0.3 is 5.97 Å². The number of hydrogen-bond donors (Lipinski definition) is 2. The molecule has 1 amide bonds. The van der Waals surface area contributed by atoms with Crippen molar-refractivity contribution in [1.82, 2.24) is 19.9 Å². The summed E-state index contributed by atoms with van der Waals surface area (Å²) in [4.78, 5) is 40.5. The van der Waals surface area contributed by atoms with Crippen molar-refractivity contribution in [3.63, 3.8) is 0 Å². The molecule has 8 heteroatoms. The van der Waals surface area contributed by atoms with Gasteiger partial charge in [0, 0.05) is 25.7 Å². The molecule has 1 aliphatic carbocycles. The first-order valence-electron chi connectivity index (χ1n) is 9.79. The largest absolute Gasteiger partial charge is 0.480 e. The number of H-pyrrole nitrogens is 1. The number of imidazole rings is 1. The van der Waals surface area contributed by atoms with E-state index in [0.717, 1.165) is 18.5 Å². The smallest absolute Gasteiger partial charge is 0.326 e. The van der Waals surface area contributed by atoms with Crippen molar-refractivity contribution >= 4 is 17.7 Å². The molecule has 0 aromatic carbocycles. The summed E-state index contributed by atoms with van der Waals surface area (Å²) >= 11 is 0. The molecule has 1 aliphatic heterocycles. The number of carbonyl (C=O) groups excluding carboxylic acids is 1. The van der Waals surface area contributed by atoms with Crippen LogP contribution in [0.4, 0.5) is 5.82 Å². The molecule has 28 heavy (non-hydrogen) atoms. The fraction of sp³-hybridized carbons (Fsp3) is 0.500. The van der Waals surface area contributed by atoms with Gasteiger partial charge in [-0.25, -0.2) is 14.8 Å². The molecule has 2 aromatic heterocycles. The van der Waals surface area contributed by atoms with Gasteiger partial charge in [-0.1, -0.05) is 19.3 Å². The van der Waals surface area contributed by atoms with Crippen LogP contribution in [-0.2, 0) is 17.8 Å². The fourth-order valence-electron chi connectivity index (χ4n) is 4.31. The van der Waals surface area contributed by atoms with Gasteiger partial charge in [-0.3, -0.25) is 4.79 Å². The highest BCUT2D eigenvalue weighted by molar-refractivity contribution is 6.00. The third kappa shape index (κ3) is 3.34. The standard InChI is InChI=1S/C20H25N5O3/c1-24(13-6-3-2-4-7-13)18-14(8-5-9-21-18)19(26)25-11-16-15(22-12-23-16)10-17(25)20(27)28/h5,8-9,12-13,17H,2-4,6-7,10-11H2,1H3,(H,22,23)(H,27,28)/t17-/m0/s1. The van der Waals surface area contributed by atoms with Gasteiger partial charge in [-0.2, -0.15) is 0 Å². The molecule has 0 bridgehead atoms. The number of nitrogens with zero attached hydrogens (tertiary/aromatic N) is 4. The van der Waals surface area contributed by atoms with Crippen LogP contribution in [0.15, 0.2) is 24.7 Å². The molecule has 4 rings (SSSR count). The number of hydrogen-bond acceptors (Lipinski definition) is 5. The molecule has 0 radical (unpaired) electrons. The maximum Gasteiger partial charge on any atom is 0.326 e. The van der Waals surface area contributed by atoms with E-state index in [4.69, 9.17) is 0 Å². The topological polar surface area (TPSA) is 102 Å². The number of carbonyl (C=O) groups is 2. The van der Waals surface area contributed by atoms with Crippen molar-refractivity contribution in [2.75, 3.05) is 11.9 Å². The first-order valence-corrected chi connectivity index (χ1v) is 9.79. The van der Waals surface area contributed by atoms with Crippen LogP contribution in [0.1, 0.15) is 53.8 Å². The van der Waals surface area contributed by atoms with Crippen LogP contribution < -0.4 is 4.90 Å². The van der Waals surface area contributed by atoms with Gasteiger partial charge in [0.05, 0.1) is 29.8 Å². The van der Waals surface area contributed by atoms with E-state index in [-0.39, 0.29) is 18.9 Å². The second kappa shape index (κ2) is 7.61. The molecule has 2 aliphatic rings. The number of pyridine rings is 1. The highest BCUT2D eigenvalue weighted by Gasteiger charge is 2.37. The molecular formula is C20H25N5O3. The van der Waals surface area contributed by atoms with Gasteiger partial charge < -0.3 is 19.9 Å². The molecule has 1 fully saturated rings. The molecule has 1 atom stereocenters. The number of carboxylic acid groups (broad SMARTS) is 1. The summed E-state index contributed by atoms with van der Waals surface area (Å²) in [5, 5.41) is 9.69. The zero-order valence-corrected chi connectivity index (χ0v) is 16.0. The van der Waals surface area contributed by atoms with Crippen LogP contribution in [-0.4, -0.2) is 56.0 Å². The third-order valence-corrected chi connectivity index (χ3v) is 5.92. The molecule has 0 saturated heterocycles. The Labute approximate surface area is 163 Å². The number of aromatic amines is 1. The second-order valence-corrected chi connectivity index (χ2v) is 7.60. The van der Waals surface area contributed by atoms with E-state index in [1.165, 1.54) is 24.2 Å². The van der Waals surface area contributed by atoms with Crippen molar-refractivity contribution in [3.05, 3.63) is 41.6 Å². The molecule has 2 aromatic rings. The van der Waals surface area contributed by atoms with Gasteiger partial charge in [0.2, 0.25) is 0 Å². The Morgan fingerprint density at radius 2 is 2.04 bits per heavy atom. The van der Waals surface area contributed by atoms with Crippen molar-refractivity contribution in [2.45, 2.75) is 57.2 Å². The van der Waals surface area contributed by atoms with E-state index in [2.05, 4.69) is 19.9 Å². The SMILES string of the molecule is CN(c1ncccc1C(=O)N1Cc2[nH]cnc2C[C@H]1C(=O)O)C1CCCCC1. The number of aromatic nitrogens is 3. The van der Waals surface area contributed by atoms with Crippen molar-refractivity contribution in [3.8, 4) is 0 Å². The predicted octanol–water partition coefficient (Wildman–Crippen LogP) is 2.23. The number of nitrogens with one attached hydrogen (secondary N) is 1. The van der Waals surface area contributed by atoms with Gasteiger partial charge in [0.15, 0.2) is 0 Å². The van der Waals surface area contributed by atoms with Gasteiger partial charge in [-0.05, 0) is 25.0 Å². The second-order valence-electron chi connectivity index (χ2n) is 7.60. The Bertz CT molecular complexity index is 874. The Morgan fingerprint density at radius 3 is 2.79 bits per heavy atom. The van der Waals surface area contributed by atoms with E-state index < -0.39 is 12.0 Å².